The maximum Gasteiger partial charge on any atom is 0.323 e. The number of methoxy groups -OCH3 is 1. The number of hydrogen-bond acceptors (Lipinski definition) is 7. The normalized spacial score (nSPS) is 25.9. The van der Waals surface area contributed by atoms with E-state index in [2.05, 4.69) is 10.6 Å². The third kappa shape index (κ3) is 4.17. The van der Waals surface area contributed by atoms with Gasteiger partial charge in [-0.3, -0.25) is 4.79 Å². The lowest BCUT2D eigenvalue weighted by Gasteiger charge is -2.21. The summed E-state index contributed by atoms with van der Waals surface area (Å²) in [5.41, 5.74) is 0.876. The Bertz CT molecular complexity index is 493. The highest BCUT2D eigenvalue weighted by Gasteiger charge is 2.33. The number of esters is 1. The standard InChI is InChI=1S/C15H22N2O5/c1-22-15(21)11(6-9-2-4-10(18)5-3-9)16-7-12-14(20)13(19)8-17-12/h2-5,11-14,16-20H,6-8H2,1H3/t11-,12+,13-,14+/m0/s1. The number of carbonyl (C=O) groups excluding carboxylic acids is 1. The number of nitrogens with one attached hydrogen (secondary N) is 2. The van der Waals surface area contributed by atoms with Crippen molar-refractivity contribution < 1.29 is 24.9 Å². The highest BCUT2D eigenvalue weighted by Crippen LogP contribution is 2.12. The smallest absolute Gasteiger partial charge is 0.323 e. The SMILES string of the molecule is COC(=O)[C@H](Cc1ccc(O)cc1)NC[C@H]1NC[C@H](O)[C@@H]1O. The van der Waals surface area contributed by atoms with Crippen LogP contribution in [0.5, 0.6) is 5.75 Å². The molecule has 1 aliphatic rings. The molecule has 1 aromatic carbocycles. The number of aromatic hydroxyl groups is 1. The van der Waals surface area contributed by atoms with E-state index in [0.717, 1.165) is 5.56 Å². The highest BCUT2D eigenvalue weighted by atomic mass is 16.5. The number of phenolic OH excluding ortho intramolecular Hbond substituents is 1. The molecule has 5 N–H and O–H groups in total. The minimum absolute atomic E-state index is 0.165. The largest absolute Gasteiger partial charge is 0.508 e. The number of aliphatic hydroxyl groups excluding tert-OH is 2. The van der Waals surface area contributed by atoms with Crippen LogP contribution in [-0.2, 0) is 16.0 Å². The van der Waals surface area contributed by atoms with E-state index >= 15 is 0 Å². The first-order chi connectivity index (χ1) is 10.5. The lowest BCUT2D eigenvalue weighted by Crippen LogP contribution is -2.48. The van der Waals surface area contributed by atoms with Crippen LogP contribution in [0.15, 0.2) is 24.3 Å². The molecule has 4 atom stereocenters. The van der Waals surface area contributed by atoms with Crippen molar-refractivity contribution >= 4 is 5.97 Å². The molecule has 0 aliphatic carbocycles. The van der Waals surface area contributed by atoms with E-state index in [4.69, 9.17) is 4.74 Å². The van der Waals surface area contributed by atoms with Crippen LogP contribution in [0.4, 0.5) is 0 Å². The van der Waals surface area contributed by atoms with E-state index in [1.165, 1.54) is 7.11 Å². The van der Waals surface area contributed by atoms with Gasteiger partial charge in [-0.05, 0) is 24.1 Å². The lowest BCUT2D eigenvalue weighted by atomic mass is 10.0. The second-order valence-electron chi connectivity index (χ2n) is 5.43. The van der Waals surface area contributed by atoms with Crippen molar-refractivity contribution in [3.05, 3.63) is 29.8 Å². The maximum absolute atomic E-state index is 11.9. The van der Waals surface area contributed by atoms with E-state index in [0.29, 0.717) is 19.5 Å². The first-order valence-electron chi connectivity index (χ1n) is 7.20. The molecule has 22 heavy (non-hydrogen) atoms. The Hall–Kier alpha value is -1.67. The van der Waals surface area contributed by atoms with Crippen molar-refractivity contribution in [3.8, 4) is 5.75 Å². The van der Waals surface area contributed by atoms with Gasteiger partial charge in [0, 0.05) is 19.1 Å². The topological polar surface area (TPSA) is 111 Å². The van der Waals surface area contributed by atoms with E-state index in [9.17, 15) is 20.1 Å². The van der Waals surface area contributed by atoms with Crippen LogP contribution in [0.25, 0.3) is 0 Å². The van der Waals surface area contributed by atoms with Gasteiger partial charge in [-0.2, -0.15) is 0 Å². The zero-order valence-corrected chi connectivity index (χ0v) is 12.4. The monoisotopic (exact) mass is 310 g/mol. The first kappa shape index (κ1) is 16.7. The number of aliphatic hydroxyl groups is 2. The minimum Gasteiger partial charge on any atom is -0.508 e. The molecule has 0 saturated carbocycles. The number of phenols is 1. The van der Waals surface area contributed by atoms with Gasteiger partial charge in [-0.15, -0.1) is 0 Å². The third-order valence-corrected chi connectivity index (χ3v) is 3.84. The second-order valence-corrected chi connectivity index (χ2v) is 5.43. The molecule has 122 valence electrons. The predicted molar refractivity (Wildman–Crippen MR) is 79.4 cm³/mol. The molecule has 7 heteroatoms. The second kappa shape index (κ2) is 7.55. The molecule has 1 fully saturated rings. The van der Waals surface area contributed by atoms with Crippen LogP contribution in [0.2, 0.25) is 0 Å². The molecule has 7 nitrogen and oxygen atoms in total. The molecule has 1 heterocycles. The summed E-state index contributed by atoms with van der Waals surface area (Å²) in [7, 11) is 1.32. The first-order valence-corrected chi connectivity index (χ1v) is 7.20. The molecule has 0 amide bonds. The van der Waals surface area contributed by atoms with Crippen LogP contribution >= 0.6 is 0 Å². The van der Waals surface area contributed by atoms with Crippen molar-refractivity contribution in [2.75, 3.05) is 20.2 Å². The Morgan fingerprint density at radius 2 is 2.09 bits per heavy atom. The van der Waals surface area contributed by atoms with Gasteiger partial charge in [0.05, 0.1) is 19.3 Å². The van der Waals surface area contributed by atoms with E-state index in [1.807, 2.05) is 0 Å². The molecule has 1 saturated heterocycles. The summed E-state index contributed by atoms with van der Waals surface area (Å²) in [5.74, 6) is -0.236. The fourth-order valence-electron chi connectivity index (χ4n) is 2.49. The summed E-state index contributed by atoms with van der Waals surface area (Å²) in [6.07, 6.45) is -1.25. The quantitative estimate of drug-likeness (QED) is 0.418. The Morgan fingerprint density at radius 3 is 2.64 bits per heavy atom. The van der Waals surface area contributed by atoms with Gasteiger partial charge < -0.3 is 30.7 Å². The number of carbonyl (C=O) groups is 1. The minimum atomic E-state index is -0.862. The average Bonchev–Trinajstić information content (AvgIpc) is 2.84. The van der Waals surface area contributed by atoms with Crippen molar-refractivity contribution in [1.29, 1.82) is 0 Å². The summed E-state index contributed by atoms with van der Waals surface area (Å²) < 4.78 is 4.79. The van der Waals surface area contributed by atoms with Crippen LogP contribution < -0.4 is 10.6 Å². The number of hydrogen-bond donors (Lipinski definition) is 5. The predicted octanol–water partition coefficient (Wildman–Crippen LogP) is -1.24. The summed E-state index contributed by atoms with van der Waals surface area (Å²) in [4.78, 5) is 11.9. The summed E-state index contributed by atoms with van der Waals surface area (Å²) >= 11 is 0. The highest BCUT2D eigenvalue weighted by molar-refractivity contribution is 5.76. The number of rotatable bonds is 6. The fourth-order valence-corrected chi connectivity index (χ4v) is 2.49. The Morgan fingerprint density at radius 1 is 1.41 bits per heavy atom. The van der Waals surface area contributed by atoms with Gasteiger partial charge in [0.15, 0.2) is 0 Å². The molecule has 0 spiro atoms. The zero-order chi connectivity index (χ0) is 16.1. The Balaban J connectivity index is 1.94. The summed E-state index contributed by atoms with van der Waals surface area (Å²) in [5, 5.41) is 34.6. The van der Waals surface area contributed by atoms with Crippen LogP contribution in [-0.4, -0.2) is 65.8 Å². The number of benzene rings is 1. The molecular weight excluding hydrogens is 288 g/mol. The molecule has 1 aromatic rings. The molecular formula is C15H22N2O5. The number of ether oxygens (including phenoxy) is 1. The van der Waals surface area contributed by atoms with Crippen LogP contribution in [0.3, 0.4) is 0 Å². The van der Waals surface area contributed by atoms with Gasteiger partial charge >= 0.3 is 5.97 Å². The van der Waals surface area contributed by atoms with Crippen LogP contribution in [0.1, 0.15) is 5.56 Å². The lowest BCUT2D eigenvalue weighted by molar-refractivity contribution is -0.143. The molecule has 0 bridgehead atoms. The molecule has 2 rings (SSSR count). The van der Waals surface area contributed by atoms with Gasteiger partial charge in [0.2, 0.25) is 0 Å². The molecule has 0 aromatic heterocycles. The van der Waals surface area contributed by atoms with Crippen molar-refractivity contribution in [2.45, 2.75) is 30.7 Å². The third-order valence-electron chi connectivity index (χ3n) is 3.84. The maximum atomic E-state index is 11.9. The van der Waals surface area contributed by atoms with E-state index < -0.39 is 24.2 Å². The fraction of sp³-hybridized carbons (Fsp3) is 0.533. The van der Waals surface area contributed by atoms with Gasteiger partial charge in [-0.25, -0.2) is 0 Å². The van der Waals surface area contributed by atoms with E-state index in [1.54, 1.807) is 24.3 Å². The van der Waals surface area contributed by atoms with Gasteiger partial charge in [0.1, 0.15) is 11.8 Å². The van der Waals surface area contributed by atoms with E-state index in [-0.39, 0.29) is 11.8 Å². The molecule has 0 radical (unpaired) electrons. The van der Waals surface area contributed by atoms with Crippen molar-refractivity contribution in [2.24, 2.45) is 0 Å². The molecule has 0 unspecified atom stereocenters. The van der Waals surface area contributed by atoms with Crippen LogP contribution in [0, 0.1) is 0 Å². The Kier molecular flexibility index (Phi) is 5.73. The van der Waals surface area contributed by atoms with Gasteiger partial charge in [-0.1, -0.05) is 12.1 Å². The summed E-state index contributed by atoms with van der Waals surface area (Å²) in [6, 6.07) is 5.70. The summed E-state index contributed by atoms with van der Waals surface area (Å²) in [6.45, 7) is 0.657. The Labute approximate surface area is 128 Å². The zero-order valence-electron chi connectivity index (χ0n) is 12.4. The number of β-amino-alcohol motifs (C(OH)–C–C–N with tert-alkyl or cyclic N) is 1. The van der Waals surface area contributed by atoms with Crippen molar-refractivity contribution in [3.63, 3.8) is 0 Å². The van der Waals surface area contributed by atoms with Crippen molar-refractivity contribution in [1.82, 2.24) is 10.6 Å². The average molecular weight is 310 g/mol. The van der Waals surface area contributed by atoms with Gasteiger partial charge in [0.25, 0.3) is 0 Å². The molecule has 1 aliphatic heterocycles.